The number of carbonyl (C=O) groups excluding carboxylic acids is 1. The van der Waals surface area contributed by atoms with Gasteiger partial charge in [0.1, 0.15) is 0 Å². The number of aromatic nitrogens is 2. The van der Waals surface area contributed by atoms with E-state index in [9.17, 15) is 4.79 Å². The molecule has 0 radical (unpaired) electrons. The zero-order valence-electron chi connectivity index (χ0n) is 13.2. The Bertz CT molecular complexity index is 633. The molecule has 0 aliphatic carbocycles. The molecular weight excluding hydrogens is 312 g/mol. The number of aromatic amines is 1. The average Bonchev–Trinajstić information content (AvgIpc) is 3.04. The molecule has 0 spiro atoms. The van der Waals surface area contributed by atoms with Crippen molar-refractivity contribution in [2.75, 3.05) is 13.1 Å². The van der Waals surface area contributed by atoms with Crippen LogP contribution in [0.25, 0.3) is 11.3 Å². The summed E-state index contributed by atoms with van der Waals surface area (Å²) in [4.78, 5) is 14.7. The molecule has 1 aromatic heterocycles. The van der Waals surface area contributed by atoms with Gasteiger partial charge in [0.05, 0.1) is 17.5 Å². The van der Waals surface area contributed by atoms with E-state index in [1.165, 1.54) is 0 Å². The number of piperidine rings is 1. The monoisotopic (exact) mass is 334 g/mol. The lowest BCUT2D eigenvalue weighted by molar-refractivity contribution is 0.0682. The summed E-state index contributed by atoms with van der Waals surface area (Å²) in [7, 11) is 0. The van der Waals surface area contributed by atoms with E-state index in [0.717, 1.165) is 37.2 Å². The molecule has 23 heavy (non-hydrogen) atoms. The second kappa shape index (κ2) is 7.62. The van der Waals surface area contributed by atoms with Crippen molar-refractivity contribution in [1.82, 2.24) is 15.1 Å². The molecule has 1 unspecified atom stereocenters. The van der Waals surface area contributed by atoms with E-state index in [2.05, 4.69) is 10.2 Å². The number of H-pyrrole nitrogens is 1. The number of hydrogen-bond acceptors (Lipinski definition) is 3. The zero-order valence-corrected chi connectivity index (χ0v) is 14.1. The van der Waals surface area contributed by atoms with Crippen LogP contribution in [-0.4, -0.2) is 40.1 Å². The third-order valence-electron chi connectivity index (χ3n) is 4.50. The lowest BCUT2D eigenvalue weighted by Crippen LogP contribution is -2.42. The number of amides is 1. The molecule has 0 saturated carbocycles. The van der Waals surface area contributed by atoms with E-state index in [-0.39, 0.29) is 24.4 Å². The Kier molecular flexibility index (Phi) is 5.80. The highest BCUT2D eigenvalue weighted by atomic mass is 35.5. The summed E-state index contributed by atoms with van der Waals surface area (Å²) < 4.78 is 0. The van der Waals surface area contributed by atoms with Gasteiger partial charge in [0.2, 0.25) is 0 Å². The van der Waals surface area contributed by atoms with Gasteiger partial charge in [-0.2, -0.15) is 5.10 Å². The maximum atomic E-state index is 12.8. The topological polar surface area (TPSA) is 75.0 Å². The Balaban J connectivity index is 0.00000192. The fourth-order valence-electron chi connectivity index (χ4n) is 3.07. The highest BCUT2D eigenvalue weighted by Crippen LogP contribution is 2.25. The van der Waals surface area contributed by atoms with Crippen LogP contribution in [0.5, 0.6) is 0 Å². The minimum atomic E-state index is 0. The minimum absolute atomic E-state index is 0. The third-order valence-corrected chi connectivity index (χ3v) is 4.50. The van der Waals surface area contributed by atoms with Crippen LogP contribution < -0.4 is 5.73 Å². The molecule has 0 bridgehead atoms. The van der Waals surface area contributed by atoms with Gasteiger partial charge in [-0.3, -0.25) is 9.89 Å². The molecule has 3 N–H and O–H groups in total. The van der Waals surface area contributed by atoms with Gasteiger partial charge in [0.15, 0.2) is 0 Å². The van der Waals surface area contributed by atoms with Gasteiger partial charge in [-0.25, -0.2) is 0 Å². The minimum Gasteiger partial charge on any atom is -0.339 e. The summed E-state index contributed by atoms with van der Waals surface area (Å²) in [5.74, 6) is 0.567. The van der Waals surface area contributed by atoms with Gasteiger partial charge in [-0.1, -0.05) is 30.3 Å². The number of likely N-dealkylation sites (tertiary alicyclic amines) is 1. The maximum Gasteiger partial charge on any atom is 0.257 e. The number of rotatable bonds is 3. The van der Waals surface area contributed by atoms with E-state index >= 15 is 0 Å². The van der Waals surface area contributed by atoms with E-state index in [1.807, 2.05) is 42.2 Å². The summed E-state index contributed by atoms with van der Waals surface area (Å²) in [6.07, 6.45) is 3.58. The third kappa shape index (κ3) is 3.74. The Labute approximate surface area is 142 Å². The SMILES string of the molecule is CC(N)C1CCN(C(=O)c2cn[nH]c2-c2ccccc2)CC1.Cl. The number of nitrogens with two attached hydrogens (primary N) is 1. The summed E-state index contributed by atoms with van der Waals surface area (Å²) in [5, 5.41) is 7.02. The lowest BCUT2D eigenvalue weighted by Gasteiger charge is -2.33. The summed E-state index contributed by atoms with van der Waals surface area (Å²) >= 11 is 0. The number of nitrogens with one attached hydrogen (secondary N) is 1. The van der Waals surface area contributed by atoms with Crippen molar-refractivity contribution >= 4 is 18.3 Å². The highest BCUT2D eigenvalue weighted by molar-refractivity contribution is 5.99. The normalized spacial score (nSPS) is 16.7. The Morgan fingerprint density at radius 2 is 1.96 bits per heavy atom. The first-order chi connectivity index (χ1) is 10.7. The number of benzene rings is 1. The van der Waals surface area contributed by atoms with E-state index in [4.69, 9.17) is 5.73 Å². The molecule has 1 amide bonds. The predicted octanol–water partition coefficient (Wildman–Crippen LogP) is 2.70. The summed E-state index contributed by atoms with van der Waals surface area (Å²) in [6, 6.07) is 10.0. The molecule has 2 aromatic rings. The Morgan fingerprint density at radius 3 is 2.57 bits per heavy atom. The van der Waals surface area contributed by atoms with Crippen molar-refractivity contribution in [3.05, 3.63) is 42.1 Å². The van der Waals surface area contributed by atoms with Crippen molar-refractivity contribution in [2.45, 2.75) is 25.8 Å². The molecule has 1 aliphatic heterocycles. The first-order valence-corrected chi connectivity index (χ1v) is 7.80. The molecule has 1 saturated heterocycles. The van der Waals surface area contributed by atoms with E-state index in [1.54, 1.807) is 6.20 Å². The second-order valence-electron chi connectivity index (χ2n) is 6.01. The van der Waals surface area contributed by atoms with Crippen LogP contribution in [0.15, 0.2) is 36.5 Å². The molecule has 1 atom stereocenters. The largest absolute Gasteiger partial charge is 0.339 e. The van der Waals surface area contributed by atoms with Gasteiger partial charge in [-0.05, 0) is 25.7 Å². The van der Waals surface area contributed by atoms with Crippen molar-refractivity contribution < 1.29 is 4.79 Å². The van der Waals surface area contributed by atoms with Crippen molar-refractivity contribution in [3.8, 4) is 11.3 Å². The number of carbonyl (C=O) groups is 1. The average molecular weight is 335 g/mol. The van der Waals surface area contributed by atoms with Gasteiger partial charge in [0.25, 0.3) is 5.91 Å². The lowest BCUT2D eigenvalue weighted by atomic mass is 9.90. The fraction of sp³-hybridized carbons (Fsp3) is 0.412. The highest BCUT2D eigenvalue weighted by Gasteiger charge is 2.27. The molecule has 5 nitrogen and oxygen atoms in total. The van der Waals surface area contributed by atoms with Crippen LogP contribution in [0.2, 0.25) is 0 Å². The first-order valence-electron chi connectivity index (χ1n) is 7.80. The number of hydrogen-bond donors (Lipinski definition) is 2. The first kappa shape index (κ1) is 17.5. The Morgan fingerprint density at radius 1 is 1.30 bits per heavy atom. The molecule has 1 fully saturated rings. The van der Waals surface area contributed by atoms with E-state index < -0.39 is 0 Å². The second-order valence-corrected chi connectivity index (χ2v) is 6.01. The van der Waals surface area contributed by atoms with Gasteiger partial charge < -0.3 is 10.6 Å². The van der Waals surface area contributed by atoms with Crippen LogP contribution in [0, 0.1) is 5.92 Å². The summed E-state index contributed by atoms with van der Waals surface area (Å²) in [5.41, 5.74) is 8.38. The standard InChI is InChI=1S/C17H22N4O.ClH/c1-12(18)13-7-9-21(10-8-13)17(22)15-11-19-20-16(15)14-5-3-2-4-6-14;/h2-6,11-13H,7-10,18H2,1H3,(H,19,20);1H. The molecule has 2 heterocycles. The van der Waals surface area contributed by atoms with Crippen molar-refractivity contribution in [1.29, 1.82) is 0 Å². The fourth-order valence-corrected chi connectivity index (χ4v) is 3.07. The van der Waals surface area contributed by atoms with Crippen LogP contribution >= 0.6 is 12.4 Å². The number of nitrogens with zero attached hydrogens (tertiary/aromatic N) is 2. The molecule has 1 aliphatic rings. The number of halogens is 1. The van der Waals surface area contributed by atoms with E-state index in [0.29, 0.717) is 11.5 Å². The quantitative estimate of drug-likeness (QED) is 0.906. The smallest absolute Gasteiger partial charge is 0.257 e. The maximum absolute atomic E-state index is 12.8. The van der Waals surface area contributed by atoms with Crippen LogP contribution in [-0.2, 0) is 0 Å². The zero-order chi connectivity index (χ0) is 15.5. The van der Waals surface area contributed by atoms with Gasteiger partial charge in [-0.15, -0.1) is 12.4 Å². The molecule has 6 heteroatoms. The Hall–Kier alpha value is -1.85. The van der Waals surface area contributed by atoms with Crippen LogP contribution in [0.3, 0.4) is 0 Å². The van der Waals surface area contributed by atoms with Gasteiger partial charge in [0, 0.05) is 24.7 Å². The predicted molar refractivity (Wildman–Crippen MR) is 93.5 cm³/mol. The molecular formula is C17H23ClN4O. The summed E-state index contributed by atoms with van der Waals surface area (Å²) in [6.45, 7) is 3.58. The molecule has 124 valence electrons. The molecule has 3 rings (SSSR count). The van der Waals surface area contributed by atoms with Crippen LogP contribution in [0.1, 0.15) is 30.1 Å². The van der Waals surface area contributed by atoms with Crippen LogP contribution in [0.4, 0.5) is 0 Å². The van der Waals surface area contributed by atoms with Gasteiger partial charge >= 0.3 is 0 Å². The van der Waals surface area contributed by atoms with Crippen molar-refractivity contribution in [3.63, 3.8) is 0 Å². The van der Waals surface area contributed by atoms with Crippen molar-refractivity contribution in [2.24, 2.45) is 11.7 Å². The molecule has 1 aromatic carbocycles.